The summed E-state index contributed by atoms with van der Waals surface area (Å²) in [5.41, 5.74) is 1.93. The molecule has 0 aliphatic heterocycles. The van der Waals surface area contributed by atoms with Gasteiger partial charge in [0.05, 0.1) is 0 Å². The van der Waals surface area contributed by atoms with Crippen molar-refractivity contribution in [2.45, 2.75) is 0 Å². The molecule has 0 amide bonds. The fourth-order valence-corrected chi connectivity index (χ4v) is 5.20. The van der Waals surface area contributed by atoms with E-state index in [1.54, 1.807) is 72.8 Å². The zero-order valence-electron chi connectivity index (χ0n) is 24.8. The van der Waals surface area contributed by atoms with Gasteiger partial charge in [0.2, 0.25) is 31.7 Å². The van der Waals surface area contributed by atoms with E-state index in [4.69, 9.17) is 98.8 Å². The van der Waals surface area contributed by atoms with E-state index in [2.05, 4.69) is 44.9 Å². The molecule has 4 heterocycles. The molecule has 0 saturated heterocycles. The number of hydrogen-bond donors (Lipinski definition) is 0. The topological polar surface area (TPSA) is 182 Å². The average Bonchev–Trinajstić information content (AvgIpc) is 3.08. The van der Waals surface area contributed by atoms with Gasteiger partial charge in [0, 0.05) is 16.7 Å². The van der Waals surface area contributed by atoms with Gasteiger partial charge >= 0.3 is 18.0 Å². The van der Waals surface area contributed by atoms with Crippen LogP contribution in [0.15, 0.2) is 72.8 Å². The van der Waals surface area contributed by atoms with Crippen LogP contribution in [0.4, 0.5) is 0 Å². The van der Waals surface area contributed by atoms with Crippen LogP contribution in [-0.2, 0) is 0 Å². The van der Waals surface area contributed by atoms with Crippen molar-refractivity contribution in [3.05, 3.63) is 104 Å². The predicted octanol–water partition coefficient (Wildman–Crippen LogP) is 8.72. The third-order valence-corrected chi connectivity index (χ3v) is 7.30. The van der Waals surface area contributed by atoms with Crippen LogP contribution in [0, 0.1) is 0 Å². The minimum absolute atomic E-state index is 0.0688. The third-order valence-electron chi connectivity index (χ3n) is 6.28. The Balaban J connectivity index is 1.20. The zero-order chi connectivity index (χ0) is 35.5. The van der Waals surface area contributed by atoms with Crippen LogP contribution in [0.3, 0.4) is 0 Å². The molecule has 0 radical (unpaired) electrons. The molecule has 0 unspecified atom stereocenters. The van der Waals surface area contributed by atoms with Crippen molar-refractivity contribution in [1.29, 1.82) is 0 Å². The molecule has 0 N–H and O–H groups in total. The van der Waals surface area contributed by atoms with Gasteiger partial charge < -0.3 is 14.2 Å². The van der Waals surface area contributed by atoms with Crippen LogP contribution in [0.2, 0.25) is 31.7 Å². The van der Waals surface area contributed by atoms with Gasteiger partial charge in [-0.3, -0.25) is 0 Å². The molecule has 4 aromatic heterocycles. The molecule has 0 spiro atoms. The fraction of sp³-hybridized carbons (Fsp3) is 0. The maximum absolute atomic E-state index is 5.87. The number of nitrogens with zero attached hydrogens (tertiary/aromatic N) is 12. The molecule has 0 fully saturated rings. The van der Waals surface area contributed by atoms with Gasteiger partial charge in [-0.15, -0.1) is 0 Å². The van der Waals surface area contributed by atoms with Crippen LogP contribution in [0.25, 0.3) is 34.2 Å². The number of hydrogen-bond acceptors (Lipinski definition) is 15. The highest BCUT2D eigenvalue weighted by atomic mass is 35.5. The highest BCUT2D eigenvalue weighted by Gasteiger charge is 2.15. The third kappa shape index (κ3) is 8.78. The summed E-state index contributed by atoms with van der Waals surface area (Å²) in [6, 6.07) is 20.4. The Bertz CT molecular complexity index is 2040. The van der Waals surface area contributed by atoms with Gasteiger partial charge in [0.15, 0.2) is 17.5 Å². The fourth-order valence-electron chi connectivity index (χ4n) is 4.16. The zero-order valence-corrected chi connectivity index (χ0v) is 29.3. The van der Waals surface area contributed by atoms with Gasteiger partial charge in [0.1, 0.15) is 17.2 Å². The SMILES string of the molecule is Clc1nc(Cl)nc(Oc2ccc(-c3nc(-c4ccc(Oc5nc(Cl)nc(Cl)n5)cc4)nc(-c4ccc(Oc5nc(Cl)nc(Cl)n5)cc4)n3)cc2)n1. The van der Waals surface area contributed by atoms with Crippen molar-refractivity contribution in [1.82, 2.24) is 59.8 Å². The number of halogens is 6. The molecule has 7 rings (SSSR count). The normalized spacial score (nSPS) is 10.9. The first-order valence-corrected chi connectivity index (χ1v) is 16.2. The summed E-state index contributed by atoms with van der Waals surface area (Å²) in [5, 5.41) is -0.639. The molecular formula is C30H12Cl6N12O3. The number of benzene rings is 3. The Labute approximate surface area is 316 Å². The van der Waals surface area contributed by atoms with Crippen molar-refractivity contribution in [2.24, 2.45) is 0 Å². The van der Waals surface area contributed by atoms with E-state index in [1.165, 1.54) is 0 Å². The summed E-state index contributed by atoms with van der Waals surface area (Å²) in [6.07, 6.45) is 0. The summed E-state index contributed by atoms with van der Waals surface area (Å²) in [4.78, 5) is 48.9. The lowest BCUT2D eigenvalue weighted by Crippen LogP contribution is -2.01. The largest absolute Gasteiger partial charge is 0.424 e. The average molecular weight is 801 g/mol. The molecule has 15 nitrogen and oxygen atoms in total. The van der Waals surface area contributed by atoms with E-state index >= 15 is 0 Å². The number of aromatic nitrogens is 12. The van der Waals surface area contributed by atoms with Crippen molar-refractivity contribution < 1.29 is 14.2 Å². The Hall–Kier alpha value is -5.16. The van der Waals surface area contributed by atoms with Crippen molar-refractivity contribution in [3.8, 4) is 69.4 Å². The van der Waals surface area contributed by atoms with Gasteiger partial charge in [-0.05, 0) is 142 Å². The maximum Gasteiger partial charge on any atom is 0.327 e. The standard InChI is InChI=1S/C30H12Cl6N12O3/c31-22-40-23(32)44-28(43-22)49-16-7-1-13(2-8-16)19-37-20(14-3-9-17(10-4-14)50-29-45-24(33)41-25(34)46-29)39-21(38-19)15-5-11-18(12-6-15)51-30-47-26(35)42-27(36)48-30/h1-12H. The molecule has 0 aliphatic rings. The van der Waals surface area contributed by atoms with E-state index < -0.39 is 0 Å². The van der Waals surface area contributed by atoms with Gasteiger partial charge in [-0.2, -0.15) is 44.9 Å². The summed E-state index contributed by atoms with van der Waals surface area (Å²) < 4.78 is 17.1. The van der Waals surface area contributed by atoms with E-state index in [-0.39, 0.29) is 49.7 Å². The van der Waals surface area contributed by atoms with E-state index in [9.17, 15) is 0 Å². The van der Waals surface area contributed by atoms with Crippen molar-refractivity contribution in [3.63, 3.8) is 0 Å². The predicted molar refractivity (Wildman–Crippen MR) is 186 cm³/mol. The lowest BCUT2D eigenvalue weighted by Gasteiger charge is -2.10. The molecule has 51 heavy (non-hydrogen) atoms. The van der Waals surface area contributed by atoms with Crippen molar-refractivity contribution in [2.75, 3.05) is 0 Å². The first-order chi connectivity index (χ1) is 24.6. The Morgan fingerprint density at radius 3 is 0.706 bits per heavy atom. The van der Waals surface area contributed by atoms with Crippen molar-refractivity contribution >= 4 is 69.6 Å². The molecule has 252 valence electrons. The molecule has 3 aromatic carbocycles. The minimum atomic E-state index is -0.106. The second-order valence-electron chi connectivity index (χ2n) is 9.65. The molecule has 0 bridgehead atoms. The van der Waals surface area contributed by atoms with E-state index in [0.29, 0.717) is 51.4 Å². The monoisotopic (exact) mass is 798 g/mol. The van der Waals surface area contributed by atoms with Gasteiger partial charge in [-0.1, -0.05) is 0 Å². The van der Waals surface area contributed by atoms with E-state index in [1.807, 2.05) is 0 Å². The molecule has 0 saturated carbocycles. The lowest BCUT2D eigenvalue weighted by atomic mass is 10.1. The first-order valence-electron chi connectivity index (χ1n) is 13.9. The van der Waals surface area contributed by atoms with Crippen LogP contribution in [0.5, 0.6) is 35.3 Å². The summed E-state index contributed by atoms with van der Waals surface area (Å²) in [7, 11) is 0. The van der Waals surface area contributed by atoms with Crippen LogP contribution in [0.1, 0.15) is 0 Å². The second-order valence-corrected chi connectivity index (χ2v) is 11.7. The smallest absolute Gasteiger partial charge is 0.327 e. The maximum atomic E-state index is 5.87. The lowest BCUT2D eigenvalue weighted by molar-refractivity contribution is 0.439. The van der Waals surface area contributed by atoms with E-state index in [0.717, 1.165) is 0 Å². The number of rotatable bonds is 9. The Morgan fingerprint density at radius 1 is 0.275 bits per heavy atom. The molecule has 0 atom stereocenters. The highest BCUT2D eigenvalue weighted by Crippen LogP contribution is 2.30. The Morgan fingerprint density at radius 2 is 0.490 bits per heavy atom. The second kappa shape index (κ2) is 15.0. The minimum Gasteiger partial charge on any atom is -0.424 e. The van der Waals surface area contributed by atoms with Crippen LogP contribution < -0.4 is 14.2 Å². The molecule has 0 aliphatic carbocycles. The van der Waals surface area contributed by atoms with Gasteiger partial charge in [-0.25, -0.2) is 15.0 Å². The molecule has 7 aromatic rings. The van der Waals surface area contributed by atoms with Crippen LogP contribution in [-0.4, -0.2) is 59.8 Å². The summed E-state index contributed by atoms with van der Waals surface area (Å²) in [5.74, 6) is 2.28. The first kappa shape index (κ1) is 34.3. The van der Waals surface area contributed by atoms with Gasteiger partial charge in [0.25, 0.3) is 0 Å². The Kier molecular flexibility index (Phi) is 10.1. The summed E-state index contributed by atoms with van der Waals surface area (Å²) in [6.45, 7) is 0. The molecule has 21 heteroatoms. The quantitative estimate of drug-likeness (QED) is 0.135. The van der Waals surface area contributed by atoms with Crippen LogP contribution >= 0.6 is 69.6 Å². The highest BCUT2D eigenvalue weighted by molar-refractivity contribution is 6.32. The molecular weight excluding hydrogens is 789 g/mol. The number of ether oxygens (including phenoxy) is 3. The summed E-state index contributed by atoms with van der Waals surface area (Å²) >= 11 is 35.2.